The Balaban J connectivity index is 2.05. The van der Waals surface area contributed by atoms with E-state index < -0.39 is 13.9 Å². The lowest BCUT2D eigenvalue weighted by atomic mass is 9.96. The summed E-state index contributed by atoms with van der Waals surface area (Å²) < 4.78 is 17.9. The van der Waals surface area contributed by atoms with Crippen LogP contribution in [0.25, 0.3) is 0 Å². The minimum atomic E-state index is -1.79. The van der Waals surface area contributed by atoms with E-state index in [0.717, 1.165) is 16.2 Å². The first-order valence-corrected chi connectivity index (χ1v) is 16.5. The second kappa shape index (κ2) is 13.6. The summed E-state index contributed by atoms with van der Waals surface area (Å²) >= 11 is 1.55. The predicted octanol–water partition coefficient (Wildman–Crippen LogP) is 7.94. The quantitative estimate of drug-likeness (QED) is 0.141. The third-order valence-corrected chi connectivity index (χ3v) is 12.4. The van der Waals surface area contributed by atoms with E-state index in [-0.39, 0.29) is 16.7 Å². The van der Waals surface area contributed by atoms with Gasteiger partial charge in [0.2, 0.25) is 0 Å². The molecule has 0 aliphatic heterocycles. The van der Waals surface area contributed by atoms with Gasteiger partial charge in [-0.3, -0.25) is 4.79 Å². The Bertz CT molecular complexity index is 967. The summed E-state index contributed by atoms with van der Waals surface area (Å²) in [5.74, 6) is 1.51. The van der Waals surface area contributed by atoms with Crippen LogP contribution in [0.4, 0.5) is 0 Å². The van der Waals surface area contributed by atoms with E-state index in [1.54, 1.807) is 18.9 Å². The van der Waals surface area contributed by atoms with Gasteiger partial charge in [0.1, 0.15) is 11.4 Å². The number of methoxy groups -OCH3 is 1. The molecule has 0 bridgehead atoms. The van der Waals surface area contributed by atoms with Crippen molar-refractivity contribution in [3.05, 3.63) is 72.3 Å². The number of Topliss-reactive ketones (excluding diaryl/α,β-unsaturated/α-hetero) is 1. The van der Waals surface area contributed by atoms with Crippen LogP contribution in [0, 0.1) is 5.92 Å². The van der Waals surface area contributed by atoms with E-state index in [1.165, 1.54) is 0 Å². The molecule has 0 amide bonds. The molecular formula is C30H44O4SSi. The van der Waals surface area contributed by atoms with Crippen LogP contribution in [0.15, 0.2) is 71.6 Å². The van der Waals surface area contributed by atoms with E-state index in [1.807, 2.05) is 61.5 Å². The zero-order valence-electron chi connectivity index (χ0n) is 23.3. The molecule has 4 nitrogen and oxygen atoms in total. The Hall–Kier alpha value is -1.86. The topological polar surface area (TPSA) is 44.8 Å². The summed E-state index contributed by atoms with van der Waals surface area (Å²) in [6.45, 7) is 16.4. The van der Waals surface area contributed by atoms with Crippen molar-refractivity contribution in [3.8, 4) is 5.75 Å². The Kier molecular flexibility index (Phi) is 11.5. The number of carbonyl (C=O) groups is 1. The third kappa shape index (κ3) is 9.54. The molecule has 2 rings (SSSR count). The molecule has 0 unspecified atom stereocenters. The fraction of sp³-hybridized carbons (Fsp3) is 0.500. The predicted molar refractivity (Wildman–Crippen MR) is 154 cm³/mol. The van der Waals surface area contributed by atoms with Gasteiger partial charge in [0.05, 0.1) is 19.5 Å². The maximum atomic E-state index is 13.4. The van der Waals surface area contributed by atoms with Crippen molar-refractivity contribution >= 4 is 25.9 Å². The molecule has 0 aliphatic carbocycles. The van der Waals surface area contributed by atoms with Gasteiger partial charge in [-0.15, -0.1) is 11.8 Å². The van der Waals surface area contributed by atoms with Gasteiger partial charge in [-0.2, -0.15) is 0 Å². The second-order valence-corrected chi connectivity index (χ2v) is 16.9. The highest BCUT2D eigenvalue weighted by atomic mass is 32.2. The Labute approximate surface area is 223 Å². The molecule has 0 saturated carbocycles. The lowest BCUT2D eigenvalue weighted by Crippen LogP contribution is -2.41. The summed E-state index contributed by atoms with van der Waals surface area (Å²) in [7, 11) is -0.137. The number of carbonyl (C=O) groups excluding carboxylic acids is 1. The van der Waals surface area contributed by atoms with Crippen LogP contribution in [-0.2, 0) is 20.6 Å². The summed E-state index contributed by atoms with van der Waals surface area (Å²) in [4.78, 5) is 14.5. The Morgan fingerprint density at radius 2 is 1.67 bits per heavy atom. The molecule has 198 valence electrons. The fourth-order valence-electron chi connectivity index (χ4n) is 3.17. The highest BCUT2D eigenvalue weighted by Gasteiger charge is 2.37. The molecule has 0 spiro atoms. The zero-order valence-corrected chi connectivity index (χ0v) is 25.1. The number of hydrogen-bond donors (Lipinski definition) is 0. The van der Waals surface area contributed by atoms with Crippen molar-refractivity contribution in [2.24, 2.45) is 5.92 Å². The largest absolute Gasteiger partial charge is 0.497 e. The number of rotatable bonds is 14. The first kappa shape index (κ1) is 30.4. The molecule has 2 atom stereocenters. The van der Waals surface area contributed by atoms with Gasteiger partial charge in [0, 0.05) is 17.9 Å². The highest BCUT2D eigenvalue weighted by Crippen LogP contribution is 2.36. The molecule has 0 fully saturated rings. The highest BCUT2D eigenvalue weighted by molar-refractivity contribution is 8.00. The molecule has 2 aromatic carbocycles. The second-order valence-electron chi connectivity index (χ2n) is 11.1. The SMILES string of the molecule is COc1ccc(CO[C@](C)(C/C=C/[C@@H](C)CO[Si](C)(C)C(C)(C)C)C(=O)CSc2ccccc2)cc1. The zero-order chi connectivity index (χ0) is 26.8. The van der Waals surface area contributed by atoms with Crippen molar-refractivity contribution in [3.63, 3.8) is 0 Å². The van der Waals surface area contributed by atoms with Crippen molar-refractivity contribution < 1.29 is 18.7 Å². The minimum Gasteiger partial charge on any atom is -0.497 e. The van der Waals surface area contributed by atoms with E-state index in [2.05, 4.69) is 52.9 Å². The van der Waals surface area contributed by atoms with Crippen molar-refractivity contribution in [2.45, 2.75) is 76.3 Å². The monoisotopic (exact) mass is 528 g/mol. The van der Waals surface area contributed by atoms with E-state index in [4.69, 9.17) is 13.9 Å². The maximum Gasteiger partial charge on any atom is 0.192 e. The molecule has 0 aliphatic rings. The summed E-state index contributed by atoms with van der Waals surface area (Å²) in [6.07, 6.45) is 4.75. The first-order valence-electron chi connectivity index (χ1n) is 12.6. The van der Waals surface area contributed by atoms with Gasteiger partial charge >= 0.3 is 0 Å². The van der Waals surface area contributed by atoms with Crippen LogP contribution in [-0.4, -0.2) is 39.2 Å². The van der Waals surface area contributed by atoms with E-state index in [9.17, 15) is 4.79 Å². The molecule has 0 radical (unpaired) electrons. The molecule has 36 heavy (non-hydrogen) atoms. The lowest BCUT2D eigenvalue weighted by Gasteiger charge is -2.36. The standard InChI is InChI=1S/C30H44O4SSi/c1-24(21-34-36(7,8)29(2,3)4)13-12-20-30(5,28(31)23-35-27-14-10-9-11-15-27)33-22-25-16-18-26(32-6)19-17-25/h9-19,24H,20-23H2,1-8H3/b13-12+/t24-,30-/m1/s1. The number of ether oxygens (including phenoxy) is 2. The van der Waals surface area contributed by atoms with Crippen LogP contribution < -0.4 is 4.74 Å². The molecule has 0 saturated heterocycles. The average Bonchev–Trinajstić information content (AvgIpc) is 2.85. The first-order chi connectivity index (χ1) is 16.9. The van der Waals surface area contributed by atoms with Crippen LogP contribution in [0.1, 0.15) is 46.6 Å². The smallest absolute Gasteiger partial charge is 0.192 e. The van der Waals surface area contributed by atoms with Gasteiger partial charge in [0.25, 0.3) is 0 Å². The lowest BCUT2D eigenvalue weighted by molar-refractivity contribution is -0.141. The van der Waals surface area contributed by atoms with Crippen LogP contribution in [0.2, 0.25) is 18.1 Å². The van der Waals surface area contributed by atoms with Crippen molar-refractivity contribution in [1.82, 2.24) is 0 Å². The van der Waals surface area contributed by atoms with Gasteiger partial charge in [-0.05, 0) is 60.8 Å². The van der Waals surface area contributed by atoms with Gasteiger partial charge < -0.3 is 13.9 Å². The summed E-state index contributed by atoms with van der Waals surface area (Å²) in [5, 5.41) is 0.188. The number of thioether (sulfide) groups is 1. The van der Waals surface area contributed by atoms with E-state index >= 15 is 0 Å². The van der Waals surface area contributed by atoms with Crippen LogP contribution >= 0.6 is 11.8 Å². The van der Waals surface area contributed by atoms with Crippen LogP contribution in [0.5, 0.6) is 5.75 Å². The minimum absolute atomic E-state index is 0.0830. The number of ketones is 1. The maximum absolute atomic E-state index is 13.4. The molecule has 0 aromatic heterocycles. The number of hydrogen-bond acceptors (Lipinski definition) is 5. The van der Waals surface area contributed by atoms with Gasteiger partial charge in [-0.1, -0.05) is 70.2 Å². The normalized spacial score (nSPS) is 15.0. The van der Waals surface area contributed by atoms with E-state index in [0.29, 0.717) is 25.4 Å². The summed E-state index contributed by atoms with van der Waals surface area (Å²) in [6, 6.07) is 17.8. The third-order valence-electron chi connectivity index (χ3n) is 6.90. The summed E-state index contributed by atoms with van der Waals surface area (Å²) in [5.41, 5.74) is 0.0868. The average molecular weight is 529 g/mol. The number of benzene rings is 2. The molecular weight excluding hydrogens is 484 g/mol. The van der Waals surface area contributed by atoms with Gasteiger partial charge in [-0.25, -0.2) is 0 Å². The fourth-order valence-corrected chi connectivity index (χ4v) is 5.24. The van der Waals surface area contributed by atoms with Crippen molar-refractivity contribution in [1.29, 1.82) is 0 Å². The Morgan fingerprint density at radius 1 is 1.03 bits per heavy atom. The molecule has 0 N–H and O–H groups in total. The molecule has 6 heteroatoms. The molecule has 0 heterocycles. The molecule has 2 aromatic rings. The van der Waals surface area contributed by atoms with Gasteiger partial charge in [0.15, 0.2) is 14.1 Å². The van der Waals surface area contributed by atoms with Crippen LogP contribution in [0.3, 0.4) is 0 Å². The Morgan fingerprint density at radius 3 is 2.25 bits per heavy atom. The van der Waals surface area contributed by atoms with Crippen molar-refractivity contribution in [2.75, 3.05) is 19.5 Å².